The molecule has 1 aromatic heterocycles. The first-order chi connectivity index (χ1) is 13.4. The monoisotopic (exact) mass is 486 g/mol. The van der Waals surface area contributed by atoms with Crippen LogP contribution in [0.25, 0.3) is 0 Å². The Morgan fingerprint density at radius 3 is 2.54 bits per heavy atom. The number of carbonyl (C=O) groups is 1. The van der Waals surface area contributed by atoms with Crippen LogP contribution in [0.3, 0.4) is 0 Å². The molecule has 9 heteroatoms. The van der Waals surface area contributed by atoms with Gasteiger partial charge in [0.15, 0.2) is 0 Å². The van der Waals surface area contributed by atoms with Gasteiger partial charge in [-0.15, -0.1) is 11.3 Å². The quantitative estimate of drug-likeness (QED) is 0.596. The molecule has 0 aliphatic carbocycles. The topological polar surface area (TPSA) is 66.9 Å². The lowest BCUT2D eigenvalue weighted by molar-refractivity contribution is 0.0775. The van der Waals surface area contributed by atoms with Gasteiger partial charge in [0.25, 0.3) is 5.91 Å². The first-order valence-electron chi connectivity index (χ1n) is 9.11. The summed E-state index contributed by atoms with van der Waals surface area (Å²) in [6.45, 7) is 1.71. The van der Waals surface area contributed by atoms with Crippen molar-refractivity contribution in [3.05, 3.63) is 45.1 Å². The second-order valence-corrected chi connectivity index (χ2v) is 10.3. The minimum atomic E-state index is -3.63. The third-order valence-electron chi connectivity index (χ3n) is 4.61. The van der Waals surface area contributed by atoms with Gasteiger partial charge in [0, 0.05) is 24.6 Å². The number of nitrogens with zero attached hydrogens (tertiary/aromatic N) is 2. The predicted octanol–water partition coefficient (Wildman–Crippen LogP) is 3.84. The lowest BCUT2D eigenvalue weighted by atomic mass is 10.2. The smallest absolute Gasteiger partial charge is 0.265 e. The number of benzene rings is 1. The Hall–Kier alpha value is -1.42. The average molecular weight is 487 g/mol. The molecule has 1 amide bonds. The molecule has 0 unspecified atom stereocenters. The summed E-state index contributed by atoms with van der Waals surface area (Å²) >= 11 is 4.53. The summed E-state index contributed by atoms with van der Waals surface area (Å²) in [5, 5.41) is 1.66. The maximum Gasteiger partial charge on any atom is 0.265 e. The molecular weight excluding hydrogens is 464 g/mol. The summed E-state index contributed by atoms with van der Waals surface area (Å²) in [6.07, 6.45) is 2.77. The van der Waals surface area contributed by atoms with Crippen molar-refractivity contribution in [3.63, 3.8) is 0 Å². The Morgan fingerprint density at radius 2 is 1.86 bits per heavy atom. The lowest BCUT2D eigenvalue weighted by Crippen LogP contribution is -2.37. The molecule has 3 rings (SSSR count). The molecule has 0 saturated carbocycles. The molecule has 1 aliphatic heterocycles. The maximum absolute atomic E-state index is 13.0. The largest absolute Gasteiger partial charge is 0.492 e. The van der Waals surface area contributed by atoms with Crippen LogP contribution in [0.5, 0.6) is 5.75 Å². The fraction of sp³-hybridized carbons (Fsp3) is 0.421. The molecule has 6 nitrogen and oxygen atoms in total. The summed E-state index contributed by atoms with van der Waals surface area (Å²) in [4.78, 5) is 14.7. The second-order valence-electron chi connectivity index (χ2n) is 6.61. The minimum Gasteiger partial charge on any atom is -0.492 e. The van der Waals surface area contributed by atoms with Crippen molar-refractivity contribution < 1.29 is 17.9 Å². The van der Waals surface area contributed by atoms with Crippen molar-refractivity contribution in [2.24, 2.45) is 0 Å². The first kappa shape index (κ1) is 21.3. The van der Waals surface area contributed by atoms with Gasteiger partial charge in [-0.3, -0.25) is 4.79 Å². The Labute approximate surface area is 178 Å². The van der Waals surface area contributed by atoms with Crippen molar-refractivity contribution >= 4 is 43.2 Å². The van der Waals surface area contributed by atoms with Crippen LogP contribution in [0, 0.1) is 0 Å². The lowest BCUT2D eigenvalue weighted by Gasteiger charge is -2.26. The third-order valence-corrected chi connectivity index (χ3v) is 8.11. The molecule has 0 radical (unpaired) electrons. The van der Waals surface area contributed by atoms with Crippen molar-refractivity contribution in [1.82, 2.24) is 9.21 Å². The van der Waals surface area contributed by atoms with Gasteiger partial charge in [-0.2, -0.15) is 4.31 Å². The van der Waals surface area contributed by atoms with Crippen molar-refractivity contribution in [3.8, 4) is 5.75 Å². The van der Waals surface area contributed by atoms with Crippen LogP contribution in [-0.2, 0) is 10.0 Å². The van der Waals surface area contributed by atoms with Crippen LogP contribution < -0.4 is 4.74 Å². The SMILES string of the molecule is CN(CCOc1ccc(Br)cc1)C(=O)c1sccc1S(=O)(=O)N1CCCCC1. The van der Waals surface area contributed by atoms with E-state index >= 15 is 0 Å². The van der Waals surface area contributed by atoms with Gasteiger partial charge in [-0.05, 0) is 48.6 Å². The minimum absolute atomic E-state index is 0.116. The Bertz CT molecular complexity index is 906. The number of halogens is 1. The van der Waals surface area contributed by atoms with Gasteiger partial charge >= 0.3 is 0 Å². The molecule has 0 N–H and O–H groups in total. The zero-order chi connectivity index (χ0) is 20.1. The molecule has 1 aromatic carbocycles. The fourth-order valence-corrected chi connectivity index (χ4v) is 6.18. The van der Waals surface area contributed by atoms with Crippen molar-refractivity contribution in [2.75, 3.05) is 33.3 Å². The standard InChI is InChI=1S/C19H23BrN2O4S2/c1-21(12-13-26-16-7-5-15(20)6-8-16)19(23)18-17(9-14-27-18)28(24,25)22-10-3-2-4-11-22/h5-9,14H,2-4,10-13H2,1H3. The van der Waals surface area contributed by atoms with Crippen LogP contribution in [0.4, 0.5) is 0 Å². The molecule has 1 saturated heterocycles. The van der Waals surface area contributed by atoms with Crippen LogP contribution in [0.1, 0.15) is 28.9 Å². The van der Waals surface area contributed by atoms with Gasteiger partial charge < -0.3 is 9.64 Å². The number of thiophene rings is 1. The number of hydrogen-bond donors (Lipinski definition) is 0. The molecular formula is C19H23BrN2O4S2. The van der Waals surface area contributed by atoms with E-state index in [-0.39, 0.29) is 15.7 Å². The average Bonchev–Trinajstić information content (AvgIpc) is 3.20. The molecule has 1 aliphatic rings. The van der Waals surface area contributed by atoms with Gasteiger partial charge in [0.1, 0.15) is 22.1 Å². The summed E-state index contributed by atoms with van der Waals surface area (Å²) in [7, 11) is -1.98. The molecule has 0 spiro atoms. The van der Waals surface area contributed by atoms with Gasteiger partial charge in [-0.25, -0.2) is 8.42 Å². The van der Waals surface area contributed by atoms with Gasteiger partial charge in [0.05, 0.1) is 6.54 Å². The highest BCUT2D eigenvalue weighted by atomic mass is 79.9. The predicted molar refractivity (Wildman–Crippen MR) is 114 cm³/mol. The van der Waals surface area contributed by atoms with Crippen LogP contribution in [0.2, 0.25) is 0 Å². The molecule has 28 heavy (non-hydrogen) atoms. The van der Waals surface area contributed by atoms with E-state index in [4.69, 9.17) is 4.74 Å². The zero-order valence-corrected chi connectivity index (χ0v) is 18.9. The van der Waals surface area contributed by atoms with E-state index in [2.05, 4.69) is 15.9 Å². The molecule has 2 aromatic rings. The van der Waals surface area contributed by atoms with Crippen LogP contribution in [-0.4, -0.2) is 56.8 Å². The number of sulfonamides is 1. The van der Waals surface area contributed by atoms with Gasteiger partial charge in [-0.1, -0.05) is 22.4 Å². The number of likely N-dealkylation sites (N-methyl/N-ethyl adjacent to an activating group) is 1. The van der Waals surface area contributed by atoms with E-state index in [1.807, 2.05) is 24.3 Å². The molecule has 2 heterocycles. The number of ether oxygens (including phenoxy) is 1. The van der Waals surface area contributed by atoms with Crippen molar-refractivity contribution in [2.45, 2.75) is 24.2 Å². The van der Waals surface area contributed by atoms with E-state index in [9.17, 15) is 13.2 Å². The summed E-state index contributed by atoms with van der Waals surface area (Å²) in [5.74, 6) is 0.415. The van der Waals surface area contributed by atoms with Crippen molar-refractivity contribution in [1.29, 1.82) is 0 Å². The molecule has 0 atom stereocenters. The Morgan fingerprint density at radius 1 is 1.18 bits per heavy atom. The van der Waals surface area contributed by atoms with Crippen LogP contribution in [0.15, 0.2) is 45.1 Å². The number of carbonyl (C=O) groups excluding carboxylic acids is 1. The number of piperidine rings is 1. The van der Waals surface area contributed by atoms with E-state index in [1.54, 1.807) is 12.4 Å². The molecule has 0 bridgehead atoms. The highest BCUT2D eigenvalue weighted by Crippen LogP contribution is 2.28. The second kappa shape index (κ2) is 9.39. The van der Waals surface area contributed by atoms with E-state index in [0.717, 1.165) is 23.7 Å². The third kappa shape index (κ3) is 4.94. The summed E-state index contributed by atoms with van der Waals surface area (Å²) in [6, 6.07) is 8.98. The van der Waals surface area contributed by atoms with Crippen LogP contribution >= 0.6 is 27.3 Å². The maximum atomic E-state index is 13.0. The van der Waals surface area contributed by atoms with E-state index in [1.165, 1.54) is 26.6 Å². The number of amides is 1. The van der Waals surface area contributed by atoms with E-state index < -0.39 is 10.0 Å². The first-order valence-corrected chi connectivity index (χ1v) is 12.2. The fourth-order valence-electron chi connectivity index (χ4n) is 3.01. The Balaban J connectivity index is 1.64. The number of hydrogen-bond acceptors (Lipinski definition) is 5. The molecule has 152 valence electrons. The Kier molecular flexibility index (Phi) is 7.14. The highest BCUT2D eigenvalue weighted by molar-refractivity contribution is 9.10. The van der Waals surface area contributed by atoms with E-state index in [0.29, 0.717) is 32.0 Å². The number of rotatable bonds is 7. The summed E-state index contributed by atoms with van der Waals surface area (Å²) < 4.78 is 34.0. The van der Waals surface area contributed by atoms with Gasteiger partial charge in [0.2, 0.25) is 10.0 Å². The summed E-state index contributed by atoms with van der Waals surface area (Å²) in [5.41, 5.74) is 0. The highest BCUT2D eigenvalue weighted by Gasteiger charge is 2.31. The zero-order valence-electron chi connectivity index (χ0n) is 15.6. The molecule has 1 fully saturated rings. The normalized spacial score (nSPS) is 15.4.